The van der Waals surface area contributed by atoms with Crippen LogP contribution in [0.2, 0.25) is 0 Å². The van der Waals surface area contributed by atoms with Gasteiger partial charge in [0.15, 0.2) is 0 Å². The predicted octanol–water partition coefficient (Wildman–Crippen LogP) is 3.61. The first-order valence-electron chi connectivity index (χ1n) is 7.61. The minimum absolute atomic E-state index is 0.170. The van der Waals surface area contributed by atoms with Gasteiger partial charge >= 0.3 is 0 Å². The molecule has 2 rings (SSSR count). The maximum absolute atomic E-state index is 5.89. The second-order valence-corrected chi connectivity index (χ2v) is 8.17. The maximum Gasteiger partial charge on any atom is 0.120 e. The van der Waals surface area contributed by atoms with Crippen molar-refractivity contribution in [2.75, 3.05) is 11.5 Å². The Hall–Kier alpha value is -0.360. The highest BCUT2D eigenvalue weighted by Crippen LogP contribution is 2.40. The molecule has 0 saturated carbocycles. The summed E-state index contributed by atoms with van der Waals surface area (Å²) in [5.41, 5.74) is 4.26. The SMILES string of the molecule is CCC1SCCSC1C(NN)c1cccc(OC(C)C)c1. The lowest BCUT2D eigenvalue weighted by atomic mass is 10.0. The fourth-order valence-electron chi connectivity index (χ4n) is 2.68. The lowest BCUT2D eigenvalue weighted by molar-refractivity contribution is 0.242. The molecule has 1 aromatic rings. The van der Waals surface area contributed by atoms with Gasteiger partial charge in [-0.1, -0.05) is 19.1 Å². The van der Waals surface area contributed by atoms with Gasteiger partial charge in [-0.25, -0.2) is 0 Å². The molecule has 0 radical (unpaired) electrons. The molecule has 1 aromatic carbocycles. The fraction of sp³-hybridized carbons (Fsp3) is 0.625. The second-order valence-electron chi connectivity index (χ2n) is 5.54. The molecule has 0 spiro atoms. The molecule has 5 heteroatoms. The van der Waals surface area contributed by atoms with Crippen LogP contribution in [0.4, 0.5) is 0 Å². The Balaban J connectivity index is 2.19. The molecule has 1 heterocycles. The van der Waals surface area contributed by atoms with Crippen molar-refractivity contribution in [2.24, 2.45) is 5.84 Å². The minimum atomic E-state index is 0.170. The van der Waals surface area contributed by atoms with E-state index in [0.29, 0.717) is 10.5 Å². The van der Waals surface area contributed by atoms with Crippen molar-refractivity contribution in [3.05, 3.63) is 29.8 Å². The summed E-state index contributed by atoms with van der Waals surface area (Å²) in [7, 11) is 0. The molecule has 21 heavy (non-hydrogen) atoms. The zero-order valence-electron chi connectivity index (χ0n) is 13.0. The monoisotopic (exact) mass is 326 g/mol. The van der Waals surface area contributed by atoms with Crippen molar-refractivity contribution in [1.82, 2.24) is 5.43 Å². The van der Waals surface area contributed by atoms with E-state index in [1.165, 1.54) is 23.5 Å². The van der Waals surface area contributed by atoms with Crippen molar-refractivity contribution in [3.8, 4) is 5.75 Å². The molecule has 0 amide bonds. The van der Waals surface area contributed by atoms with Crippen LogP contribution >= 0.6 is 23.5 Å². The third-order valence-electron chi connectivity index (χ3n) is 3.59. The topological polar surface area (TPSA) is 47.3 Å². The molecule has 1 fully saturated rings. The normalized spacial score (nSPS) is 24.0. The van der Waals surface area contributed by atoms with Gasteiger partial charge in [-0.15, -0.1) is 0 Å². The van der Waals surface area contributed by atoms with E-state index in [2.05, 4.69) is 42.3 Å². The van der Waals surface area contributed by atoms with Crippen LogP contribution in [0.25, 0.3) is 0 Å². The molecule has 0 aromatic heterocycles. The Kier molecular flexibility index (Phi) is 6.74. The summed E-state index contributed by atoms with van der Waals surface area (Å²) in [5, 5.41) is 1.16. The Morgan fingerprint density at radius 3 is 2.76 bits per heavy atom. The second kappa shape index (κ2) is 8.32. The van der Waals surface area contributed by atoms with Crippen LogP contribution in [0.1, 0.15) is 38.8 Å². The van der Waals surface area contributed by atoms with E-state index in [1.807, 2.05) is 31.7 Å². The molecule has 118 valence electrons. The summed E-state index contributed by atoms with van der Waals surface area (Å²) in [6, 6.07) is 8.50. The van der Waals surface area contributed by atoms with Crippen LogP contribution in [-0.2, 0) is 0 Å². The van der Waals surface area contributed by atoms with E-state index in [0.717, 1.165) is 5.75 Å². The molecule has 3 atom stereocenters. The Morgan fingerprint density at radius 1 is 1.33 bits per heavy atom. The third kappa shape index (κ3) is 4.55. The predicted molar refractivity (Wildman–Crippen MR) is 95.1 cm³/mol. The first kappa shape index (κ1) is 17.0. The Labute approximate surface area is 136 Å². The third-order valence-corrected chi connectivity index (χ3v) is 6.94. The van der Waals surface area contributed by atoms with Crippen molar-refractivity contribution >= 4 is 23.5 Å². The first-order chi connectivity index (χ1) is 10.2. The van der Waals surface area contributed by atoms with Crippen LogP contribution in [0.3, 0.4) is 0 Å². The minimum Gasteiger partial charge on any atom is -0.491 e. The number of hydrogen-bond acceptors (Lipinski definition) is 5. The van der Waals surface area contributed by atoms with E-state index in [1.54, 1.807) is 0 Å². The van der Waals surface area contributed by atoms with E-state index in [9.17, 15) is 0 Å². The quantitative estimate of drug-likeness (QED) is 0.618. The Morgan fingerprint density at radius 2 is 2.10 bits per heavy atom. The van der Waals surface area contributed by atoms with Crippen LogP contribution in [0.15, 0.2) is 24.3 Å². The number of rotatable bonds is 6. The van der Waals surface area contributed by atoms with Gasteiger partial charge in [0.2, 0.25) is 0 Å². The smallest absolute Gasteiger partial charge is 0.120 e. The van der Waals surface area contributed by atoms with E-state index in [-0.39, 0.29) is 12.1 Å². The average Bonchev–Trinajstić information content (AvgIpc) is 2.48. The summed E-state index contributed by atoms with van der Waals surface area (Å²) in [4.78, 5) is 0. The highest BCUT2D eigenvalue weighted by molar-refractivity contribution is 8.07. The van der Waals surface area contributed by atoms with Gasteiger partial charge in [-0.3, -0.25) is 11.3 Å². The summed E-state index contributed by atoms with van der Waals surface area (Å²) in [6.07, 6.45) is 1.37. The lowest BCUT2D eigenvalue weighted by Crippen LogP contribution is -2.41. The van der Waals surface area contributed by atoms with Crippen LogP contribution in [-0.4, -0.2) is 28.1 Å². The zero-order valence-corrected chi connectivity index (χ0v) is 14.7. The molecule has 3 N–H and O–H groups in total. The van der Waals surface area contributed by atoms with E-state index < -0.39 is 0 Å². The molecular weight excluding hydrogens is 300 g/mol. The highest BCUT2D eigenvalue weighted by Gasteiger charge is 2.32. The lowest BCUT2D eigenvalue weighted by Gasteiger charge is -2.36. The first-order valence-corrected chi connectivity index (χ1v) is 9.71. The van der Waals surface area contributed by atoms with Crippen LogP contribution in [0.5, 0.6) is 5.75 Å². The van der Waals surface area contributed by atoms with Gasteiger partial charge in [0.05, 0.1) is 12.1 Å². The fourth-order valence-corrected chi connectivity index (χ4v) is 5.91. The molecular formula is C16H26N2OS2. The van der Waals surface area contributed by atoms with Gasteiger partial charge in [0.25, 0.3) is 0 Å². The van der Waals surface area contributed by atoms with Crippen molar-refractivity contribution in [1.29, 1.82) is 0 Å². The van der Waals surface area contributed by atoms with Crippen molar-refractivity contribution in [2.45, 2.75) is 49.8 Å². The van der Waals surface area contributed by atoms with Gasteiger partial charge in [0, 0.05) is 22.0 Å². The molecule has 1 aliphatic rings. The van der Waals surface area contributed by atoms with Gasteiger partial charge in [0.1, 0.15) is 5.75 Å². The van der Waals surface area contributed by atoms with Gasteiger partial charge in [-0.2, -0.15) is 23.5 Å². The summed E-state index contributed by atoms with van der Waals surface area (Å²) >= 11 is 4.12. The molecule has 1 saturated heterocycles. The number of benzene rings is 1. The average molecular weight is 327 g/mol. The van der Waals surface area contributed by atoms with Crippen molar-refractivity contribution < 1.29 is 4.74 Å². The number of nitrogens with one attached hydrogen (secondary N) is 1. The molecule has 3 nitrogen and oxygen atoms in total. The number of nitrogens with two attached hydrogens (primary N) is 1. The highest BCUT2D eigenvalue weighted by atomic mass is 32.2. The van der Waals surface area contributed by atoms with E-state index >= 15 is 0 Å². The standard InChI is InChI=1S/C16H26N2OS2/c1-4-14-16(21-9-8-20-14)15(18-17)12-6-5-7-13(10-12)19-11(2)3/h5-7,10-11,14-16,18H,4,8-9,17H2,1-3H3. The summed E-state index contributed by atoms with van der Waals surface area (Å²) < 4.78 is 5.81. The van der Waals surface area contributed by atoms with Gasteiger partial charge < -0.3 is 4.74 Å². The molecule has 0 aliphatic carbocycles. The number of hydrogen-bond donors (Lipinski definition) is 2. The zero-order chi connectivity index (χ0) is 15.2. The summed E-state index contributed by atoms with van der Waals surface area (Å²) in [6.45, 7) is 6.36. The van der Waals surface area contributed by atoms with Crippen molar-refractivity contribution in [3.63, 3.8) is 0 Å². The largest absolute Gasteiger partial charge is 0.491 e. The number of hydrazine groups is 1. The molecule has 3 unspecified atom stereocenters. The molecule has 1 aliphatic heterocycles. The number of ether oxygens (including phenoxy) is 1. The molecule has 0 bridgehead atoms. The van der Waals surface area contributed by atoms with Gasteiger partial charge in [-0.05, 0) is 38.0 Å². The Bertz CT molecular complexity index is 442. The van der Waals surface area contributed by atoms with E-state index in [4.69, 9.17) is 10.6 Å². The van der Waals surface area contributed by atoms with Crippen LogP contribution < -0.4 is 16.0 Å². The van der Waals surface area contributed by atoms with Crippen LogP contribution in [0, 0.1) is 0 Å². The summed E-state index contributed by atoms with van der Waals surface area (Å²) in [5.74, 6) is 9.26. The number of thioether (sulfide) groups is 2. The maximum atomic E-state index is 5.89.